The molecule has 0 bridgehead atoms. The van der Waals surface area contributed by atoms with E-state index in [1.807, 2.05) is 58.9 Å². The Labute approximate surface area is 367 Å². The van der Waals surface area contributed by atoms with E-state index in [4.69, 9.17) is 10.5 Å². The van der Waals surface area contributed by atoms with Gasteiger partial charge in [0.25, 0.3) is 0 Å². The number of aliphatic hydroxyl groups excluding tert-OH is 1. The zero-order valence-electron chi connectivity index (χ0n) is 36.9. The molecule has 1 saturated heterocycles. The second-order valence-electron chi connectivity index (χ2n) is 17.9. The highest BCUT2D eigenvalue weighted by Gasteiger charge is 2.44. The number of hydrogen-bond donors (Lipinski definition) is 6. The van der Waals surface area contributed by atoms with E-state index in [0.29, 0.717) is 31.2 Å². The molecule has 3 aromatic rings. The van der Waals surface area contributed by atoms with Crippen LogP contribution in [0.2, 0.25) is 0 Å². The number of carbonyl (C=O) groups excluding carboxylic acids is 6. The number of ether oxygens (including phenoxy) is 1. The summed E-state index contributed by atoms with van der Waals surface area (Å²) in [6.07, 6.45) is -0.117. The van der Waals surface area contributed by atoms with Gasteiger partial charge in [-0.1, -0.05) is 63.6 Å². The SMILES string of the molecule is Cc1ncsc1-c1ccc(C(C)NC(=O)[C@@H]2C[C@@H](O)CN2C(=O)C(NC(=O)CCCCCc2cccc(NC(=O)C(CCC(N)=O)NC(=O)OC(C)(C)C)c2F)C(C)(C)C)cc1. The lowest BCUT2D eigenvalue weighted by Gasteiger charge is -2.35. The van der Waals surface area contributed by atoms with Crippen molar-refractivity contribution in [2.45, 2.75) is 143 Å². The van der Waals surface area contributed by atoms with E-state index in [0.717, 1.165) is 21.7 Å². The fraction of sp³-hybridized carbons (Fsp3) is 0.533. The smallest absolute Gasteiger partial charge is 0.408 e. The van der Waals surface area contributed by atoms with E-state index < -0.39 is 70.8 Å². The van der Waals surface area contributed by atoms with Crippen molar-refractivity contribution in [1.29, 1.82) is 0 Å². The van der Waals surface area contributed by atoms with Crippen LogP contribution in [-0.4, -0.2) is 87.0 Å². The minimum atomic E-state index is -1.22. The normalized spacial score (nSPS) is 16.8. The molecule has 0 radical (unpaired) electrons. The predicted molar refractivity (Wildman–Crippen MR) is 235 cm³/mol. The lowest BCUT2D eigenvalue weighted by molar-refractivity contribution is -0.144. The number of rotatable bonds is 18. The van der Waals surface area contributed by atoms with E-state index in [2.05, 4.69) is 26.3 Å². The van der Waals surface area contributed by atoms with Crippen LogP contribution < -0.4 is 27.0 Å². The Kier molecular flexibility index (Phi) is 17.1. The fourth-order valence-corrected chi connectivity index (χ4v) is 7.93. The van der Waals surface area contributed by atoms with Crippen LogP contribution >= 0.6 is 11.3 Å². The molecule has 338 valence electrons. The number of thiazole rings is 1. The molecule has 2 aromatic carbocycles. The van der Waals surface area contributed by atoms with Crippen LogP contribution in [-0.2, 0) is 35.1 Å². The van der Waals surface area contributed by atoms with Gasteiger partial charge in [0, 0.05) is 25.8 Å². The van der Waals surface area contributed by atoms with Crippen molar-refractivity contribution in [3.63, 3.8) is 0 Å². The van der Waals surface area contributed by atoms with Gasteiger partial charge in [-0.25, -0.2) is 14.2 Å². The van der Waals surface area contributed by atoms with Gasteiger partial charge in [0.05, 0.1) is 33.9 Å². The molecule has 7 N–H and O–H groups in total. The third kappa shape index (κ3) is 14.3. The summed E-state index contributed by atoms with van der Waals surface area (Å²) in [5, 5.41) is 21.4. The minimum absolute atomic E-state index is 0.0447. The molecule has 0 spiro atoms. The number of amides is 6. The van der Waals surface area contributed by atoms with Gasteiger partial charge in [0.15, 0.2) is 0 Å². The quantitative estimate of drug-likeness (QED) is 0.0846. The molecule has 17 heteroatoms. The Morgan fingerprint density at radius 2 is 1.66 bits per heavy atom. The number of nitrogens with one attached hydrogen (secondary N) is 4. The summed E-state index contributed by atoms with van der Waals surface area (Å²) < 4.78 is 20.8. The first kappa shape index (κ1) is 49.2. The van der Waals surface area contributed by atoms with Gasteiger partial charge in [-0.05, 0) is 88.5 Å². The van der Waals surface area contributed by atoms with Crippen LogP contribution in [0.1, 0.15) is 116 Å². The number of primary amides is 1. The van der Waals surface area contributed by atoms with E-state index in [1.165, 1.54) is 11.0 Å². The number of nitrogens with two attached hydrogens (primary N) is 1. The second kappa shape index (κ2) is 21.6. The number of benzene rings is 2. The zero-order chi connectivity index (χ0) is 45.9. The summed E-state index contributed by atoms with van der Waals surface area (Å²) in [6, 6.07) is 8.92. The fourth-order valence-electron chi connectivity index (χ4n) is 7.12. The Morgan fingerprint density at radius 1 is 0.968 bits per heavy atom. The average molecular weight is 880 g/mol. The minimum Gasteiger partial charge on any atom is -0.444 e. The molecule has 5 atom stereocenters. The van der Waals surface area contributed by atoms with Crippen molar-refractivity contribution in [3.05, 3.63) is 70.6 Å². The number of hydrogen-bond acceptors (Lipinski definition) is 10. The molecule has 15 nitrogen and oxygen atoms in total. The van der Waals surface area contributed by atoms with Crippen LogP contribution in [0.15, 0.2) is 48.0 Å². The number of aliphatic hydroxyl groups is 1. The number of β-amino-alcohol motifs (C(OH)–C–C–N with tert-alkyl or cyclic N) is 1. The van der Waals surface area contributed by atoms with E-state index >= 15 is 4.39 Å². The molecular formula is C45H62FN7O8S. The first-order chi connectivity index (χ1) is 29.0. The summed E-state index contributed by atoms with van der Waals surface area (Å²) >= 11 is 1.56. The molecule has 0 saturated carbocycles. The van der Waals surface area contributed by atoms with Crippen LogP contribution in [0.3, 0.4) is 0 Å². The van der Waals surface area contributed by atoms with E-state index in [1.54, 1.807) is 49.8 Å². The number of halogens is 1. The maximum atomic E-state index is 15.6. The standard InChI is InChI=1S/C45H62FN7O8S/c1-26(28-17-19-30(20-18-28)38-27(2)48-25-62-38)49-41(58)34-23-31(54)24-53(34)42(59)39(44(3,4)5)52-36(56)16-11-9-10-13-29-14-12-15-32(37(29)46)50-40(57)33(21-22-35(47)55)51-43(60)61-45(6,7)8/h12,14-15,17-20,25-26,31,33-34,39,54H,9-11,13,16,21-24H2,1-8H3,(H2,47,55)(H,49,58)(H,50,57)(H,51,60)(H,52,56)/t26?,31-,33?,34+,39?/m1/s1. The molecule has 6 amide bonds. The topological polar surface area (TPSA) is 222 Å². The van der Waals surface area contributed by atoms with Gasteiger partial charge in [-0.15, -0.1) is 11.3 Å². The molecule has 1 aliphatic rings. The maximum absolute atomic E-state index is 15.6. The van der Waals surface area contributed by atoms with Crippen molar-refractivity contribution in [2.75, 3.05) is 11.9 Å². The van der Waals surface area contributed by atoms with E-state index in [-0.39, 0.29) is 49.9 Å². The third-order valence-corrected chi connectivity index (χ3v) is 11.4. The first-order valence-electron chi connectivity index (χ1n) is 21.0. The number of unbranched alkanes of at least 4 members (excludes halogenated alkanes) is 2. The van der Waals surface area contributed by atoms with Crippen LogP contribution in [0.4, 0.5) is 14.9 Å². The number of likely N-dealkylation sites (tertiary alicyclic amines) is 1. The van der Waals surface area contributed by atoms with Crippen LogP contribution in [0, 0.1) is 18.2 Å². The number of nitrogens with zero attached hydrogens (tertiary/aromatic N) is 2. The van der Waals surface area contributed by atoms with Gasteiger partial charge in [-0.3, -0.25) is 24.0 Å². The average Bonchev–Trinajstić information content (AvgIpc) is 3.80. The molecule has 1 fully saturated rings. The molecule has 2 heterocycles. The second-order valence-corrected chi connectivity index (χ2v) is 18.8. The molecule has 4 rings (SSSR count). The number of aryl methyl sites for hydroxylation is 2. The summed E-state index contributed by atoms with van der Waals surface area (Å²) in [5.74, 6) is -3.28. The summed E-state index contributed by atoms with van der Waals surface area (Å²) in [5.41, 5.74) is 8.57. The molecular weight excluding hydrogens is 818 g/mol. The van der Waals surface area contributed by atoms with Gasteiger partial charge in [0.1, 0.15) is 29.5 Å². The zero-order valence-corrected chi connectivity index (χ0v) is 37.7. The predicted octanol–water partition coefficient (Wildman–Crippen LogP) is 5.83. The monoisotopic (exact) mass is 879 g/mol. The molecule has 62 heavy (non-hydrogen) atoms. The van der Waals surface area contributed by atoms with Gasteiger partial charge < -0.3 is 41.7 Å². The van der Waals surface area contributed by atoms with Gasteiger partial charge >= 0.3 is 6.09 Å². The Morgan fingerprint density at radius 3 is 2.27 bits per heavy atom. The summed E-state index contributed by atoms with van der Waals surface area (Å²) in [6.45, 7) is 14.2. The van der Waals surface area contributed by atoms with Crippen molar-refractivity contribution in [3.8, 4) is 10.4 Å². The number of anilines is 1. The van der Waals surface area contributed by atoms with Crippen LogP contribution in [0.25, 0.3) is 10.4 Å². The number of carbonyl (C=O) groups is 6. The highest BCUT2D eigenvalue weighted by atomic mass is 32.1. The van der Waals surface area contributed by atoms with Crippen molar-refractivity contribution < 1.29 is 43.0 Å². The Hall–Kier alpha value is -5.42. The third-order valence-electron chi connectivity index (χ3n) is 10.4. The number of alkyl carbamates (subject to hydrolysis) is 1. The Balaban J connectivity index is 1.29. The number of aromatic nitrogens is 1. The van der Waals surface area contributed by atoms with Crippen molar-refractivity contribution >= 4 is 52.7 Å². The first-order valence-corrected chi connectivity index (χ1v) is 21.9. The maximum Gasteiger partial charge on any atom is 0.408 e. The van der Waals surface area contributed by atoms with Crippen molar-refractivity contribution in [1.82, 2.24) is 25.8 Å². The lowest BCUT2D eigenvalue weighted by atomic mass is 9.85. The highest BCUT2D eigenvalue weighted by Crippen LogP contribution is 2.30. The summed E-state index contributed by atoms with van der Waals surface area (Å²) in [4.78, 5) is 84.6. The molecule has 3 unspecified atom stereocenters. The molecule has 1 aromatic heterocycles. The van der Waals surface area contributed by atoms with Gasteiger partial charge in [0.2, 0.25) is 29.5 Å². The van der Waals surface area contributed by atoms with E-state index in [9.17, 15) is 33.9 Å². The highest BCUT2D eigenvalue weighted by molar-refractivity contribution is 7.13. The van der Waals surface area contributed by atoms with Crippen molar-refractivity contribution in [2.24, 2.45) is 11.1 Å². The molecule has 0 aliphatic carbocycles. The molecule has 1 aliphatic heterocycles. The Bertz CT molecular complexity index is 2060. The van der Waals surface area contributed by atoms with Gasteiger partial charge in [-0.2, -0.15) is 0 Å². The van der Waals surface area contributed by atoms with Crippen LogP contribution in [0.5, 0.6) is 0 Å². The largest absolute Gasteiger partial charge is 0.444 e. The summed E-state index contributed by atoms with van der Waals surface area (Å²) in [7, 11) is 0. The lowest BCUT2D eigenvalue weighted by Crippen LogP contribution is -2.57.